The van der Waals surface area contributed by atoms with E-state index in [1.807, 2.05) is 42.5 Å². The molecule has 1 unspecified atom stereocenters. The molecule has 1 aromatic carbocycles. The Bertz CT molecular complexity index is 527. The number of hydrogen-bond donors (Lipinski definition) is 1. The first kappa shape index (κ1) is 13.6. The lowest BCUT2D eigenvalue weighted by Crippen LogP contribution is -2.39. The molecule has 0 saturated carbocycles. The van der Waals surface area contributed by atoms with Gasteiger partial charge in [0.05, 0.1) is 12.6 Å². The Labute approximate surface area is 114 Å². The van der Waals surface area contributed by atoms with Crippen LogP contribution in [0.3, 0.4) is 0 Å². The van der Waals surface area contributed by atoms with Gasteiger partial charge in [0, 0.05) is 6.20 Å². The summed E-state index contributed by atoms with van der Waals surface area (Å²) in [4.78, 5) is 4.47. The lowest BCUT2D eigenvalue weighted by molar-refractivity contribution is 0.380. The Hall–Kier alpha value is -1.87. The monoisotopic (exact) mass is 256 g/mol. The molecule has 0 fully saturated rings. The van der Waals surface area contributed by atoms with E-state index in [1.165, 1.54) is 0 Å². The average molecular weight is 256 g/mol. The van der Waals surface area contributed by atoms with Gasteiger partial charge in [-0.3, -0.25) is 4.98 Å². The summed E-state index contributed by atoms with van der Waals surface area (Å²) >= 11 is 0. The molecule has 3 nitrogen and oxygen atoms in total. The third-order valence-corrected chi connectivity index (χ3v) is 3.35. The molecule has 0 spiro atoms. The summed E-state index contributed by atoms with van der Waals surface area (Å²) in [6, 6.07) is 13.9. The highest BCUT2D eigenvalue weighted by molar-refractivity contribution is 5.41. The number of rotatable bonds is 5. The molecule has 3 heteroatoms. The van der Waals surface area contributed by atoms with E-state index in [4.69, 9.17) is 10.5 Å². The average Bonchev–Trinajstić information content (AvgIpc) is 2.48. The zero-order chi connectivity index (χ0) is 13.7. The normalized spacial score (nSPS) is 13.8. The molecule has 1 aromatic heterocycles. The van der Waals surface area contributed by atoms with E-state index in [0.717, 1.165) is 29.8 Å². The van der Waals surface area contributed by atoms with Crippen LogP contribution in [0, 0.1) is 0 Å². The van der Waals surface area contributed by atoms with Crippen molar-refractivity contribution in [1.29, 1.82) is 0 Å². The van der Waals surface area contributed by atoms with Crippen molar-refractivity contribution in [2.75, 3.05) is 7.11 Å². The van der Waals surface area contributed by atoms with Crippen molar-refractivity contribution in [3.63, 3.8) is 0 Å². The number of methoxy groups -OCH3 is 1. The van der Waals surface area contributed by atoms with Crippen LogP contribution in [0.5, 0.6) is 5.75 Å². The van der Waals surface area contributed by atoms with E-state index in [2.05, 4.69) is 11.9 Å². The van der Waals surface area contributed by atoms with Gasteiger partial charge in [0.25, 0.3) is 0 Å². The maximum atomic E-state index is 6.69. The Kier molecular flexibility index (Phi) is 4.17. The minimum atomic E-state index is -0.609. The lowest BCUT2D eigenvalue weighted by Gasteiger charge is -2.30. The molecule has 0 aliphatic carbocycles. The van der Waals surface area contributed by atoms with Gasteiger partial charge >= 0.3 is 0 Å². The molecule has 0 saturated heterocycles. The number of hydrogen-bond acceptors (Lipinski definition) is 3. The second-order valence-corrected chi connectivity index (χ2v) is 4.64. The zero-order valence-electron chi connectivity index (χ0n) is 11.5. The predicted molar refractivity (Wildman–Crippen MR) is 77.1 cm³/mol. The van der Waals surface area contributed by atoms with Gasteiger partial charge in [0.15, 0.2) is 0 Å². The second kappa shape index (κ2) is 5.85. The van der Waals surface area contributed by atoms with Gasteiger partial charge in [-0.15, -0.1) is 0 Å². The van der Waals surface area contributed by atoms with Crippen LogP contribution in [-0.2, 0) is 5.54 Å². The fourth-order valence-corrected chi connectivity index (χ4v) is 2.42. The smallest absolute Gasteiger partial charge is 0.142 e. The number of nitrogens with zero attached hydrogens (tertiary/aromatic N) is 1. The number of benzene rings is 1. The van der Waals surface area contributed by atoms with Crippen LogP contribution >= 0.6 is 0 Å². The van der Waals surface area contributed by atoms with E-state index in [9.17, 15) is 0 Å². The van der Waals surface area contributed by atoms with Crippen molar-refractivity contribution in [2.24, 2.45) is 5.73 Å². The molecule has 2 rings (SSSR count). The fraction of sp³-hybridized carbons (Fsp3) is 0.312. The standard InChI is InChI=1S/C16H20N2O/c1-3-11-16(17,13-8-5-4-6-9-13)15-14(19-2)10-7-12-18-15/h4-10,12H,3,11,17H2,1-2H3. The van der Waals surface area contributed by atoms with Gasteiger partial charge < -0.3 is 10.5 Å². The molecule has 19 heavy (non-hydrogen) atoms. The molecule has 0 radical (unpaired) electrons. The lowest BCUT2D eigenvalue weighted by atomic mass is 9.83. The quantitative estimate of drug-likeness (QED) is 0.894. The first-order valence-electron chi connectivity index (χ1n) is 6.56. The molecule has 0 bridgehead atoms. The van der Waals surface area contributed by atoms with Gasteiger partial charge in [0.2, 0.25) is 0 Å². The molecule has 0 aliphatic rings. The minimum absolute atomic E-state index is 0.609. The summed E-state index contributed by atoms with van der Waals surface area (Å²) < 4.78 is 5.42. The van der Waals surface area contributed by atoms with Crippen molar-refractivity contribution < 1.29 is 4.74 Å². The largest absolute Gasteiger partial charge is 0.495 e. The van der Waals surface area contributed by atoms with Crippen LogP contribution in [0.25, 0.3) is 0 Å². The molecule has 0 amide bonds. The summed E-state index contributed by atoms with van der Waals surface area (Å²) in [6.07, 6.45) is 3.56. The maximum Gasteiger partial charge on any atom is 0.142 e. The van der Waals surface area contributed by atoms with Crippen LogP contribution in [0.15, 0.2) is 48.7 Å². The van der Waals surface area contributed by atoms with Crippen LogP contribution in [0.4, 0.5) is 0 Å². The second-order valence-electron chi connectivity index (χ2n) is 4.64. The first-order chi connectivity index (χ1) is 9.22. The van der Waals surface area contributed by atoms with Gasteiger partial charge in [-0.05, 0) is 24.1 Å². The molecular weight excluding hydrogens is 236 g/mol. The Balaban J connectivity index is 2.56. The molecule has 0 aliphatic heterocycles. The number of nitrogens with two attached hydrogens (primary N) is 1. The highest BCUT2D eigenvalue weighted by Crippen LogP contribution is 2.35. The van der Waals surface area contributed by atoms with Crippen molar-refractivity contribution in [1.82, 2.24) is 4.98 Å². The Morgan fingerprint density at radius 1 is 1.16 bits per heavy atom. The molecule has 2 aromatic rings. The third-order valence-electron chi connectivity index (χ3n) is 3.35. The van der Waals surface area contributed by atoms with Crippen LogP contribution < -0.4 is 10.5 Å². The highest BCUT2D eigenvalue weighted by Gasteiger charge is 2.32. The summed E-state index contributed by atoms with van der Waals surface area (Å²) in [5.41, 5.74) is 7.94. The predicted octanol–water partition coefficient (Wildman–Crippen LogP) is 3.09. The number of aromatic nitrogens is 1. The topological polar surface area (TPSA) is 48.1 Å². The summed E-state index contributed by atoms with van der Waals surface area (Å²) in [5, 5.41) is 0. The van der Waals surface area contributed by atoms with E-state index >= 15 is 0 Å². The van der Waals surface area contributed by atoms with E-state index in [-0.39, 0.29) is 0 Å². The Morgan fingerprint density at radius 3 is 2.53 bits per heavy atom. The van der Waals surface area contributed by atoms with Crippen molar-refractivity contribution >= 4 is 0 Å². The van der Waals surface area contributed by atoms with Gasteiger partial charge in [-0.25, -0.2) is 0 Å². The van der Waals surface area contributed by atoms with Crippen LogP contribution in [0.2, 0.25) is 0 Å². The van der Waals surface area contributed by atoms with Crippen molar-refractivity contribution in [3.8, 4) is 5.75 Å². The zero-order valence-corrected chi connectivity index (χ0v) is 11.5. The minimum Gasteiger partial charge on any atom is -0.495 e. The molecule has 1 heterocycles. The molecular formula is C16H20N2O. The SMILES string of the molecule is CCCC(N)(c1ccccc1)c1ncccc1OC. The first-order valence-corrected chi connectivity index (χ1v) is 6.56. The van der Waals surface area contributed by atoms with Crippen LogP contribution in [-0.4, -0.2) is 12.1 Å². The summed E-state index contributed by atoms with van der Waals surface area (Å²) in [6.45, 7) is 2.12. The Morgan fingerprint density at radius 2 is 1.89 bits per heavy atom. The number of ether oxygens (including phenoxy) is 1. The summed E-state index contributed by atoms with van der Waals surface area (Å²) in [7, 11) is 1.65. The highest BCUT2D eigenvalue weighted by atomic mass is 16.5. The van der Waals surface area contributed by atoms with Gasteiger partial charge in [-0.1, -0.05) is 43.7 Å². The third kappa shape index (κ3) is 2.61. The van der Waals surface area contributed by atoms with Gasteiger partial charge in [0.1, 0.15) is 11.4 Å². The fourth-order valence-electron chi connectivity index (χ4n) is 2.42. The van der Waals surface area contributed by atoms with E-state index < -0.39 is 5.54 Å². The van der Waals surface area contributed by atoms with E-state index in [1.54, 1.807) is 13.3 Å². The van der Waals surface area contributed by atoms with Crippen molar-refractivity contribution in [3.05, 3.63) is 59.9 Å². The molecule has 2 N–H and O–H groups in total. The molecule has 1 atom stereocenters. The molecule has 100 valence electrons. The van der Waals surface area contributed by atoms with Crippen molar-refractivity contribution in [2.45, 2.75) is 25.3 Å². The number of pyridine rings is 1. The van der Waals surface area contributed by atoms with Crippen LogP contribution in [0.1, 0.15) is 31.0 Å². The van der Waals surface area contributed by atoms with E-state index in [0.29, 0.717) is 0 Å². The summed E-state index contributed by atoms with van der Waals surface area (Å²) in [5.74, 6) is 0.738. The van der Waals surface area contributed by atoms with Gasteiger partial charge in [-0.2, -0.15) is 0 Å². The maximum absolute atomic E-state index is 6.69.